The predicted molar refractivity (Wildman–Crippen MR) is 96.7 cm³/mol. The number of thiazole rings is 1. The molecule has 24 heavy (non-hydrogen) atoms. The summed E-state index contributed by atoms with van der Waals surface area (Å²) < 4.78 is 0. The first-order chi connectivity index (χ1) is 11.7. The molecule has 0 aliphatic carbocycles. The number of nitrogens with zero attached hydrogens (tertiary/aromatic N) is 2. The first kappa shape index (κ1) is 16.3. The number of carbonyl (C=O) groups excluding carboxylic acids is 1. The molecule has 0 bridgehead atoms. The maximum atomic E-state index is 12.0. The van der Waals surface area contributed by atoms with Gasteiger partial charge in [0.15, 0.2) is 0 Å². The number of amides is 1. The highest BCUT2D eigenvalue weighted by Crippen LogP contribution is 2.23. The van der Waals surface area contributed by atoms with Crippen LogP contribution in [0, 0.1) is 6.92 Å². The van der Waals surface area contributed by atoms with Crippen molar-refractivity contribution in [2.75, 3.05) is 0 Å². The summed E-state index contributed by atoms with van der Waals surface area (Å²) in [6.07, 6.45) is 4.65. The molecule has 1 aromatic carbocycles. The molecule has 0 unspecified atom stereocenters. The lowest BCUT2D eigenvalue weighted by atomic mass is 10.1. The molecule has 2 aromatic heterocycles. The lowest BCUT2D eigenvalue weighted by Crippen LogP contribution is -2.23. The van der Waals surface area contributed by atoms with Crippen molar-refractivity contribution in [3.8, 4) is 10.6 Å². The summed E-state index contributed by atoms with van der Waals surface area (Å²) in [6.45, 7) is 2.63. The predicted octanol–water partition coefficient (Wildman–Crippen LogP) is 3.76. The minimum Gasteiger partial charge on any atom is -0.352 e. The number of hydrogen-bond acceptors (Lipinski definition) is 4. The van der Waals surface area contributed by atoms with E-state index in [0.717, 1.165) is 21.8 Å². The van der Waals surface area contributed by atoms with Gasteiger partial charge in [-0.3, -0.25) is 9.78 Å². The van der Waals surface area contributed by atoms with E-state index < -0.39 is 0 Å². The Kier molecular flexibility index (Phi) is 5.33. The van der Waals surface area contributed by atoms with E-state index in [9.17, 15) is 4.79 Å². The highest BCUT2D eigenvalue weighted by molar-refractivity contribution is 7.13. The monoisotopic (exact) mass is 337 g/mol. The summed E-state index contributed by atoms with van der Waals surface area (Å²) in [6, 6.07) is 12.0. The fourth-order valence-corrected chi connectivity index (χ4v) is 3.22. The van der Waals surface area contributed by atoms with E-state index in [2.05, 4.69) is 28.3 Å². The molecular formula is C19H19N3OS. The number of aromatic nitrogens is 2. The molecule has 0 atom stereocenters. The molecule has 0 saturated carbocycles. The second-order valence-electron chi connectivity index (χ2n) is 5.59. The third-order valence-corrected chi connectivity index (χ3v) is 4.75. The van der Waals surface area contributed by atoms with Gasteiger partial charge in [-0.15, -0.1) is 11.3 Å². The van der Waals surface area contributed by atoms with Crippen LogP contribution in [0.2, 0.25) is 0 Å². The molecule has 0 saturated heterocycles. The lowest BCUT2D eigenvalue weighted by molar-refractivity contribution is -0.121. The van der Waals surface area contributed by atoms with Gasteiger partial charge < -0.3 is 5.32 Å². The zero-order valence-electron chi connectivity index (χ0n) is 13.5. The maximum Gasteiger partial charge on any atom is 0.220 e. The topological polar surface area (TPSA) is 54.9 Å². The third-order valence-electron chi connectivity index (χ3n) is 3.81. The molecule has 0 fully saturated rings. The summed E-state index contributed by atoms with van der Waals surface area (Å²) in [5, 5.41) is 5.93. The lowest BCUT2D eigenvalue weighted by Gasteiger charge is -2.07. The van der Waals surface area contributed by atoms with E-state index in [-0.39, 0.29) is 5.91 Å². The molecule has 4 nitrogen and oxygen atoms in total. The summed E-state index contributed by atoms with van der Waals surface area (Å²) >= 11 is 1.58. The van der Waals surface area contributed by atoms with E-state index in [1.165, 1.54) is 5.56 Å². The summed E-state index contributed by atoms with van der Waals surface area (Å²) in [5.74, 6) is 0.0502. The molecule has 0 radical (unpaired) electrons. The Morgan fingerprint density at radius 3 is 2.88 bits per heavy atom. The van der Waals surface area contributed by atoms with Gasteiger partial charge in [-0.2, -0.15) is 0 Å². The van der Waals surface area contributed by atoms with Crippen LogP contribution >= 0.6 is 11.3 Å². The second kappa shape index (κ2) is 7.84. The van der Waals surface area contributed by atoms with Crippen LogP contribution in [-0.4, -0.2) is 15.9 Å². The maximum absolute atomic E-state index is 12.0. The van der Waals surface area contributed by atoms with Crippen molar-refractivity contribution in [3.63, 3.8) is 0 Å². The van der Waals surface area contributed by atoms with Crippen molar-refractivity contribution in [2.45, 2.75) is 26.3 Å². The van der Waals surface area contributed by atoms with E-state index in [1.807, 2.05) is 35.7 Å². The fraction of sp³-hybridized carbons (Fsp3) is 0.211. The van der Waals surface area contributed by atoms with Gasteiger partial charge in [-0.25, -0.2) is 4.98 Å². The quantitative estimate of drug-likeness (QED) is 0.745. The van der Waals surface area contributed by atoms with Crippen LogP contribution in [0.1, 0.15) is 23.2 Å². The minimum absolute atomic E-state index is 0.0502. The molecule has 3 rings (SSSR count). The van der Waals surface area contributed by atoms with Crippen molar-refractivity contribution in [2.24, 2.45) is 0 Å². The average molecular weight is 337 g/mol. The normalized spacial score (nSPS) is 10.5. The van der Waals surface area contributed by atoms with Crippen molar-refractivity contribution in [3.05, 3.63) is 71.0 Å². The molecule has 1 amide bonds. The Morgan fingerprint density at radius 2 is 2.08 bits per heavy atom. The molecule has 1 N–H and O–H groups in total. The van der Waals surface area contributed by atoms with Crippen LogP contribution in [0.4, 0.5) is 0 Å². The van der Waals surface area contributed by atoms with Crippen LogP contribution in [0.15, 0.2) is 54.2 Å². The number of nitrogens with one attached hydrogen (secondary N) is 1. The minimum atomic E-state index is 0.0502. The molecule has 3 aromatic rings. The van der Waals surface area contributed by atoms with Gasteiger partial charge in [0.2, 0.25) is 5.91 Å². The highest BCUT2D eigenvalue weighted by atomic mass is 32.1. The smallest absolute Gasteiger partial charge is 0.220 e. The SMILES string of the molecule is Cc1ccccc1CNC(=O)CCc1csc(-c2cccnc2)n1. The Balaban J connectivity index is 1.50. The Morgan fingerprint density at radius 1 is 1.21 bits per heavy atom. The number of benzene rings is 1. The van der Waals surface area contributed by atoms with Crippen LogP contribution in [0.5, 0.6) is 0 Å². The second-order valence-corrected chi connectivity index (χ2v) is 6.45. The zero-order valence-corrected chi connectivity index (χ0v) is 14.3. The number of pyridine rings is 1. The summed E-state index contributed by atoms with van der Waals surface area (Å²) in [4.78, 5) is 20.7. The largest absolute Gasteiger partial charge is 0.352 e. The van der Waals surface area contributed by atoms with Gasteiger partial charge in [0, 0.05) is 36.3 Å². The molecule has 0 aliphatic rings. The molecule has 122 valence electrons. The molecular weight excluding hydrogens is 318 g/mol. The van der Waals surface area contributed by atoms with Crippen molar-refractivity contribution in [1.29, 1.82) is 0 Å². The third kappa shape index (κ3) is 4.26. The van der Waals surface area contributed by atoms with Crippen molar-refractivity contribution >= 4 is 17.2 Å². The van der Waals surface area contributed by atoms with Crippen LogP contribution < -0.4 is 5.32 Å². The molecule has 0 spiro atoms. The number of aryl methyl sites for hydroxylation is 2. The zero-order chi connectivity index (χ0) is 16.8. The van der Waals surface area contributed by atoms with E-state index in [4.69, 9.17) is 0 Å². The molecule has 0 aliphatic heterocycles. The molecule has 2 heterocycles. The van der Waals surface area contributed by atoms with Crippen molar-refractivity contribution in [1.82, 2.24) is 15.3 Å². The summed E-state index contributed by atoms with van der Waals surface area (Å²) in [7, 11) is 0. The Labute approximate surface area is 145 Å². The van der Waals surface area contributed by atoms with Gasteiger partial charge in [0.25, 0.3) is 0 Å². The Bertz CT molecular complexity index is 814. The summed E-state index contributed by atoms with van der Waals surface area (Å²) in [5.41, 5.74) is 4.31. The van der Waals surface area contributed by atoms with Gasteiger partial charge in [-0.05, 0) is 36.6 Å². The first-order valence-corrected chi connectivity index (χ1v) is 8.76. The van der Waals surface area contributed by atoms with E-state index in [1.54, 1.807) is 23.7 Å². The van der Waals surface area contributed by atoms with E-state index in [0.29, 0.717) is 19.4 Å². The average Bonchev–Trinajstić information content (AvgIpc) is 3.09. The van der Waals surface area contributed by atoms with E-state index >= 15 is 0 Å². The highest BCUT2D eigenvalue weighted by Gasteiger charge is 2.08. The number of rotatable bonds is 6. The van der Waals surface area contributed by atoms with Gasteiger partial charge in [-0.1, -0.05) is 24.3 Å². The van der Waals surface area contributed by atoms with Crippen LogP contribution in [-0.2, 0) is 17.8 Å². The Hall–Kier alpha value is -2.53. The first-order valence-electron chi connectivity index (χ1n) is 7.88. The van der Waals surface area contributed by atoms with Gasteiger partial charge >= 0.3 is 0 Å². The standard InChI is InChI=1S/C19H19N3OS/c1-14-5-2-3-6-15(14)12-21-18(23)9-8-17-13-24-19(22-17)16-7-4-10-20-11-16/h2-7,10-11,13H,8-9,12H2,1H3,(H,21,23). The van der Waals surface area contributed by atoms with Crippen LogP contribution in [0.25, 0.3) is 10.6 Å². The number of carbonyl (C=O) groups is 1. The van der Waals surface area contributed by atoms with Gasteiger partial charge in [0.1, 0.15) is 5.01 Å². The van der Waals surface area contributed by atoms with Crippen molar-refractivity contribution < 1.29 is 4.79 Å². The number of hydrogen-bond donors (Lipinski definition) is 1. The molecule has 5 heteroatoms. The van der Waals surface area contributed by atoms with Gasteiger partial charge in [0.05, 0.1) is 5.69 Å². The van der Waals surface area contributed by atoms with Crippen LogP contribution in [0.3, 0.4) is 0 Å². The fourth-order valence-electron chi connectivity index (χ4n) is 2.38.